The Morgan fingerprint density at radius 1 is 1.38 bits per heavy atom. The van der Waals surface area contributed by atoms with Crippen molar-refractivity contribution in [3.63, 3.8) is 0 Å². The molecule has 1 fully saturated rings. The van der Waals surface area contributed by atoms with Crippen molar-refractivity contribution in [2.45, 2.75) is 19.5 Å². The lowest BCUT2D eigenvalue weighted by molar-refractivity contribution is 0.165. The van der Waals surface area contributed by atoms with Crippen molar-refractivity contribution in [1.82, 2.24) is 10.2 Å². The smallest absolute Gasteiger partial charge is 0.0406 e. The van der Waals surface area contributed by atoms with Crippen LogP contribution >= 0.6 is 24.0 Å². The molecule has 0 radical (unpaired) electrons. The first-order chi connectivity index (χ1) is 7.25. The van der Waals surface area contributed by atoms with E-state index in [0.29, 0.717) is 6.04 Å². The zero-order valence-corrected chi connectivity index (χ0v) is 11.0. The molecule has 4 heteroatoms. The van der Waals surface area contributed by atoms with Gasteiger partial charge in [-0.1, -0.05) is 23.7 Å². The summed E-state index contributed by atoms with van der Waals surface area (Å²) in [5.41, 5.74) is 1.34. The van der Waals surface area contributed by atoms with E-state index in [1.165, 1.54) is 5.56 Å². The number of hydrogen-bond acceptors (Lipinski definition) is 2. The fourth-order valence-corrected chi connectivity index (χ4v) is 2.07. The largest absolute Gasteiger partial charge is 0.314 e. The average molecular weight is 261 g/mol. The molecule has 90 valence electrons. The zero-order valence-electron chi connectivity index (χ0n) is 9.45. The Hall–Kier alpha value is -0.280. The Morgan fingerprint density at radius 2 is 2.06 bits per heavy atom. The molecule has 2 rings (SSSR count). The van der Waals surface area contributed by atoms with E-state index in [9.17, 15) is 0 Å². The molecule has 0 saturated carbocycles. The monoisotopic (exact) mass is 260 g/mol. The van der Waals surface area contributed by atoms with E-state index in [1.54, 1.807) is 0 Å². The van der Waals surface area contributed by atoms with Crippen LogP contribution < -0.4 is 5.32 Å². The highest BCUT2D eigenvalue weighted by atomic mass is 35.5. The molecule has 0 amide bonds. The highest BCUT2D eigenvalue weighted by Gasteiger charge is 2.17. The number of benzene rings is 1. The quantitative estimate of drug-likeness (QED) is 0.880. The van der Waals surface area contributed by atoms with Gasteiger partial charge < -0.3 is 5.32 Å². The maximum Gasteiger partial charge on any atom is 0.0406 e. The Kier molecular flexibility index (Phi) is 5.56. The minimum absolute atomic E-state index is 0. The zero-order chi connectivity index (χ0) is 10.7. The van der Waals surface area contributed by atoms with Crippen molar-refractivity contribution in [2.75, 3.05) is 19.6 Å². The van der Waals surface area contributed by atoms with E-state index >= 15 is 0 Å². The maximum atomic E-state index is 5.86. The topological polar surface area (TPSA) is 15.3 Å². The number of rotatable bonds is 2. The van der Waals surface area contributed by atoms with E-state index in [2.05, 4.69) is 29.3 Å². The van der Waals surface area contributed by atoms with E-state index in [-0.39, 0.29) is 12.4 Å². The van der Waals surface area contributed by atoms with E-state index in [4.69, 9.17) is 11.6 Å². The first-order valence-electron chi connectivity index (χ1n) is 5.45. The first-order valence-corrected chi connectivity index (χ1v) is 5.83. The molecule has 0 bridgehead atoms. The third-order valence-electron chi connectivity index (χ3n) is 2.94. The molecule has 16 heavy (non-hydrogen) atoms. The van der Waals surface area contributed by atoms with Gasteiger partial charge >= 0.3 is 0 Å². The third-order valence-corrected chi connectivity index (χ3v) is 3.19. The molecule has 0 spiro atoms. The molecule has 1 aromatic rings. The molecule has 1 unspecified atom stereocenters. The summed E-state index contributed by atoms with van der Waals surface area (Å²) >= 11 is 5.86. The van der Waals surface area contributed by atoms with Crippen LogP contribution in [0.25, 0.3) is 0 Å². The van der Waals surface area contributed by atoms with Crippen molar-refractivity contribution < 1.29 is 0 Å². The lowest BCUT2D eigenvalue weighted by Gasteiger charge is -2.33. The van der Waals surface area contributed by atoms with E-state index in [0.717, 1.165) is 31.2 Å². The fourth-order valence-electron chi connectivity index (χ4n) is 1.94. The van der Waals surface area contributed by atoms with Gasteiger partial charge in [0.15, 0.2) is 0 Å². The van der Waals surface area contributed by atoms with Gasteiger partial charge in [0, 0.05) is 37.2 Å². The summed E-state index contributed by atoms with van der Waals surface area (Å²) in [7, 11) is 0. The SMILES string of the molecule is CC1CNCCN1Cc1ccc(Cl)cc1.Cl. The third kappa shape index (κ3) is 3.63. The Labute approximate surface area is 108 Å². The van der Waals surface area contributed by atoms with Crippen LogP contribution in [0.4, 0.5) is 0 Å². The molecule has 1 aliphatic rings. The van der Waals surface area contributed by atoms with Crippen LogP contribution in [0.3, 0.4) is 0 Å². The van der Waals surface area contributed by atoms with Gasteiger partial charge in [0.25, 0.3) is 0 Å². The number of hydrogen-bond donors (Lipinski definition) is 1. The second kappa shape index (κ2) is 6.45. The number of halogens is 2. The highest BCUT2D eigenvalue weighted by Crippen LogP contribution is 2.13. The van der Waals surface area contributed by atoms with Gasteiger partial charge in [0.1, 0.15) is 0 Å². The predicted octanol–water partition coefficient (Wildman–Crippen LogP) is 2.56. The van der Waals surface area contributed by atoms with Gasteiger partial charge in [0.05, 0.1) is 0 Å². The Balaban J connectivity index is 0.00000128. The van der Waals surface area contributed by atoms with Crippen molar-refractivity contribution in [2.24, 2.45) is 0 Å². The number of nitrogens with one attached hydrogen (secondary N) is 1. The van der Waals surface area contributed by atoms with Crippen molar-refractivity contribution >= 4 is 24.0 Å². The molecular formula is C12H18Cl2N2. The average Bonchev–Trinajstić information content (AvgIpc) is 2.25. The van der Waals surface area contributed by atoms with Crippen molar-refractivity contribution in [3.05, 3.63) is 34.9 Å². The molecule has 1 atom stereocenters. The molecule has 2 nitrogen and oxygen atoms in total. The number of nitrogens with zero attached hydrogens (tertiary/aromatic N) is 1. The summed E-state index contributed by atoms with van der Waals surface area (Å²) < 4.78 is 0. The fraction of sp³-hybridized carbons (Fsp3) is 0.500. The van der Waals surface area contributed by atoms with Crippen LogP contribution in [-0.4, -0.2) is 30.6 Å². The predicted molar refractivity (Wildman–Crippen MR) is 71.4 cm³/mol. The van der Waals surface area contributed by atoms with Gasteiger partial charge in [0.2, 0.25) is 0 Å². The van der Waals surface area contributed by atoms with E-state index in [1.807, 2.05) is 12.1 Å². The Bertz CT molecular complexity index is 313. The summed E-state index contributed by atoms with van der Waals surface area (Å²) in [6.07, 6.45) is 0. The van der Waals surface area contributed by atoms with Gasteiger partial charge in [-0.15, -0.1) is 12.4 Å². The van der Waals surface area contributed by atoms with Gasteiger partial charge in [-0.25, -0.2) is 0 Å². The van der Waals surface area contributed by atoms with Crippen LogP contribution in [0.1, 0.15) is 12.5 Å². The van der Waals surface area contributed by atoms with Crippen LogP contribution in [0.5, 0.6) is 0 Å². The minimum atomic E-state index is 0. The molecule has 1 aromatic carbocycles. The first kappa shape index (κ1) is 13.8. The molecular weight excluding hydrogens is 243 g/mol. The van der Waals surface area contributed by atoms with Gasteiger partial charge in [-0.3, -0.25) is 4.90 Å². The van der Waals surface area contributed by atoms with Crippen LogP contribution in [0.2, 0.25) is 5.02 Å². The Morgan fingerprint density at radius 3 is 2.69 bits per heavy atom. The van der Waals surface area contributed by atoms with Crippen molar-refractivity contribution in [3.8, 4) is 0 Å². The van der Waals surface area contributed by atoms with Gasteiger partial charge in [-0.05, 0) is 24.6 Å². The highest BCUT2D eigenvalue weighted by molar-refractivity contribution is 6.30. The second-order valence-corrected chi connectivity index (χ2v) is 4.59. The summed E-state index contributed by atoms with van der Waals surface area (Å²) in [6, 6.07) is 8.76. The lowest BCUT2D eigenvalue weighted by atomic mass is 10.1. The van der Waals surface area contributed by atoms with Crippen molar-refractivity contribution in [1.29, 1.82) is 0 Å². The van der Waals surface area contributed by atoms with Crippen LogP contribution in [-0.2, 0) is 6.54 Å². The molecule has 1 saturated heterocycles. The lowest BCUT2D eigenvalue weighted by Crippen LogP contribution is -2.49. The molecule has 0 aromatic heterocycles. The molecule has 1 aliphatic heterocycles. The summed E-state index contributed by atoms with van der Waals surface area (Å²) in [5.74, 6) is 0. The summed E-state index contributed by atoms with van der Waals surface area (Å²) in [4.78, 5) is 2.50. The molecule has 1 N–H and O–H groups in total. The van der Waals surface area contributed by atoms with Crippen LogP contribution in [0.15, 0.2) is 24.3 Å². The second-order valence-electron chi connectivity index (χ2n) is 4.15. The normalized spacial score (nSPS) is 21.5. The summed E-state index contributed by atoms with van der Waals surface area (Å²) in [5, 5.41) is 4.21. The van der Waals surface area contributed by atoms with Crippen LogP contribution in [0, 0.1) is 0 Å². The minimum Gasteiger partial charge on any atom is -0.314 e. The standard InChI is InChI=1S/C12H17ClN2.ClH/c1-10-8-14-6-7-15(10)9-11-2-4-12(13)5-3-11;/h2-5,10,14H,6-9H2,1H3;1H. The molecule has 1 heterocycles. The maximum absolute atomic E-state index is 5.86. The van der Waals surface area contributed by atoms with E-state index < -0.39 is 0 Å². The number of piperazine rings is 1. The summed E-state index contributed by atoms with van der Waals surface area (Å²) in [6.45, 7) is 6.61. The molecule has 0 aliphatic carbocycles. The van der Waals surface area contributed by atoms with Gasteiger partial charge in [-0.2, -0.15) is 0 Å².